The number of amides is 2. The number of thiophene rings is 1. The minimum Gasteiger partial charge on any atom is -0.354 e. The van der Waals surface area contributed by atoms with E-state index in [-0.39, 0.29) is 30.3 Å². The van der Waals surface area contributed by atoms with Crippen LogP contribution in [-0.2, 0) is 4.79 Å². The van der Waals surface area contributed by atoms with Crippen molar-refractivity contribution in [1.29, 1.82) is 0 Å². The largest absolute Gasteiger partial charge is 0.354 e. The second kappa shape index (κ2) is 8.66. The summed E-state index contributed by atoms with van der Waals surface area (Å²) in [6, 6.07) is 3.40. The van der Waals surface area contributed by atoms with Gasteiger partial charge in [-0.25, -0.2) is 0 Å². The normalized spacial score (nSPS) is 24.1. The van der Waals surface area contributed by atoms with Crippen molar-refractivity contribution in [3.05, 3.63) is 22.4 Å². The molecular weight excluding hydrogens is 334 g/mol. The van der Waals surface area contributed by atoms with E-state index in [1.807, 2.05) is 17.5 Å². The predicted molar refractivity (Wildman–Crippen MR) is 94.2 cm³/mol. The van der Waals surface area contributed by atoms with Crippen molar-refractivity contribution < 1.29 is 9.59 Å². The first-order chi connectivity index (χ1) is 10.8. The molecule has 2 aliphatic heterocycles. The third-order valence-electron chi connectivity index (χ3n) is 4.51. The summed E-state index contributed by atoms with van der Waals surface area (Å²) in [5.41, 5.74) is 0. The Morgan fingerprint density at radius 3 is 2.91 bits per heavy atom. The van der Waals surface area contributed by atoms with Crippen LogP contribution in [0.1, 0.15) is 35.4 Å². The summed E-state index contributed by atoms with van der Waals surface area (Å²) >= 11 is 1.44. The second-order valence-electron chi connectivity index (χ2n) is 6.09. The van der Waals surface area contributed by atoms with Crippen LogP contribution in [0.2, 0.25) is 0 Å². The van der Waals surface area contributed by atoms with E-state index in [1.54, 1.807) is 4.90 Å². The fourth-order valence-corrected chi connectivity index (χ4v) is 3.96. The lowest BCUT2D eigenvalue weighted by Gasteiger charge is -2.26. The second-order valence-corrected chi connectivity index (χ2v) is 7.04. The first kappa shape index (κ1) is 18.2. The van der Waals surface area contributed by atoms with Gasteiger partial charge in [0.1, 0.15) is 6.04 Å². The maximum absolute atomic E-state index is 12.5. The fourth-order valence-electron chi connectivity index (χ4n) is 3.29. The first-order valence-electron chi connectivity index (χ1n) is 8.08. The van der Waals surface area contributed by atoms with E-state index >= 15 is 0 Å². The van der Waals surface area contributed by atoms with Gasteiger partial charge in [0.05, 0.1) is 4.88 Å². The Morgan fingerprint density at radius 1 is 1.35 bits per heavy atom. The van der Waals surface area contributed by atoms with Crippen molar-refractivity contribution in [2.45, 2.75) is 31.7 Å². The zero-order valence-electron chi connectivity index (χ0n) is 13.1. The lowest BCUT2D eigenvalue weighted by molar-refractivity contribution is -0.125. The zero-order valence-corrected chi connectivity index (χ0v) is 14.8. The van der Waals surface area contributed by atoms with Crippen molar-refractivity contribution in [2.75, 3.05) is 26.2 Å². The molecule has 2 fully saturated rings. The zero-order chi connectivity index (χ0) is 15.4. The van der Waals surface area contributed by atoms with E-state index in [4.69, 9.17) is 0 Å². The highest BCUT2D eigenvalue weighted by Crippen LogP contribution is 2.22. The van der Waals surface area contributed by atoms with Crippen LogP contribution >= 0.6 is 23.7 Å². The molecule has 2 saturated heterocycles. The van der Waals surface area contributed by atoms with Gasteiger partial charge < -0.3 is 15.5 Å². The summed E-state index contributed by atoms with van der Waals surface area (Å²) in [7, 11) is 0. The Bertz CT molecular complexity index is 517. The van der Waals surface area contributed by atoms with E-state index in [9.17, 15) is 9.59 Å². The van der Waals surface area contributed by atoms with Gasteiger partial charge in [0.25, 0.3) is 5.91 Å². The van der Waals surface area contributed by atoms with Gasteiger partial charge in [-0.2, -0.15) is 0 Å². The van der Waals surface area contributed by atoms with Gasteiger partial charge in [-0.15, -0.1) is 23.7 Å². The molecule has 2 aliphatic rings. The molecule has 7 heteroatoms. The van der Waals surface area contributed by atoms with Crippen molar-refractivity contribution in [3.63, 3.8) is 0 Å². The summed E-state index contributed by atoms with van der Waals surface area (Å²) in [6.45, 7) is 3.45. The number of rotatable bonds is 4. The molecular formula is C16H24ClN3O2S. The number of nitrogens with one attached hydrogen (secondary N) is 2. The molecule has 2 amide bonds. The number of piperidine rings is 1. The fraction of sp³-hybridized carbons (Fsp3) is 0.625. The van der Waals surface area contributed by atoms with Gasteiger partial charge in [-0.3, -0.25) is 9.59 Å². The van der Waals surface area contributed by atoms with Gasteiger partial charge in [0, 0.05) is 13.1 Å². The average molecular weight is 358 g/mol. The third kappa shape index (κ3) is 4.46. The molecule has 128 valence electrons. The SMILES string of the molecule is Cl.O=C(NCC1CCCNC1)C1CCCN1C(=O)c1cccs1. The Morgan fingerprint density at radius 2 is 2.22 bits per heavy atom. The molecule has 2 unspecified atom stereocenters. The summed E-state index contributed by atoms with van der Waals surface area (Å²) in [5, 5.41) is 8.31. The van der Waals surface area contributed by atoms with E-state index < -0.39 is 0 Å². The van der Waals surface area contributed by atoms with Crippen LogP contribution < -0.4 is 10.6 Å². The third-order valence-corrected chi connectivity index (χ3v) is 5.37. The quantitative estimate of drug-likeness (QED) is 0.865. The molecule has 0 bridgehead atoms. The molecule has 2 atom stereocenters. The molecule has 23 heavy (non-hydrogen) atoms. The number of halogens is 1. The molecule has 0 saturated carbocycles. The molecule has 5 nitrogen and oxygen atoms in total. The van der Waals surface area contributed by atoms with Gasteiger partial charge in [-0.1, -0.05) is 6.07 Å². The lowest BCUT2D eigenvalue weighted by atomic mass is 9.99. The molecule has 1 aromatic heterocycles. The number of carbonyl (C=O) groups excluding carboxylic acids is 2. The molecule has 2 N–H and O–H groups in total. The van der Waals surface area contributed by atoms with E-state index in [1.165, 1.54) is 17.8 Å². The highest BCUT2D eigenvalue weighted by Gasteiger charge is 2.34. The van der Waals surface area contributed by atoms with Crippen LogP contribution in [0.4, 0.5) is 0 Å². The summed E-state index contributed by atoms with van der Waals surface area (Å²) in [5.74, 6) is 0.514. The van der Waals surface area contributed by atoms with Crippen LogP contribution in [0.3, 0.4) is 0 Å². The topological polar surface area (TPSA) is 61.4 Å². The standard InChI is InChI=1S/C16H23N3O2S.ClH/c20-15(18-11-12-4-1-7-17-10-12)13-5-2-8-19(13)16(21)14-6-3-9-22-14;/h3,6,9,12-13,17H,1-2,4-5,7-8,10-11H2,(H,18,20);1H. The number of carbonyl (C=O) groups is 2. The van der Waals surface area contributed by atoms with Crippen LogP contribution in [-0.4, -0.2) is 48.9 Å². The predicted octanol–water partition coefficient (Wildman–Crippen LogP) is 1.89. The van der Waals surface area contributed by atoms with Crippen LogP contribution in [0.5, 0.6) is 0 Å². The average Bonchev–Trinajstić information content (AvgIpc) is 3.24. The van der Waals surface area contributed by atoms with Crippen LogP contribution in [0.25, 0.3) is 0 Å². The van der Waals surface area contributed by atoms with Crippen LogP contribution in [0, 0.1) is 5.92 Å². The molecule has 3 rings (SSSR count). The molecule has 3 heterocycles. The highest BCUT2D eigenvalue weighted by molar-refractivity contribution is 7.12. The summed E-state index contributed by atoms with van der Waals surface area (Å²) in [4.78, 5) is 27.4. The highest BCUT2D eigenvalue weighted by atomic mass is 35.5. The smallest absolute Gasteiger partial charge is 0.264 e. The first-order valence-corrected chi connectivity index (χ1v) is 8.96. The number of likely N-dealkylation sites (tertiary alicyclic amines) is 1. The van der Waals surface area contributed by atoms with Gasteiger partial charge >= 0.3 is 0 Å². The Kier molecular flexibility index (Phi) is 6.87. The maximum Gasteiger partial charge on any atom is 0.264 e. The van der Waals surface area contributed by atoms with Crippen molar-refractivity contribution >= 4 is 35.6 Å². The van der Waals surface area contributed by atoms with Crippen LogP contribution in [0.15, 0.2) is 17.5 Å². The van der Waals surface area contributed by atoms with Gasteiger partial charge in [0.15, 0.2) is 0 Å². The Hall–Kier alpha value is -1.11. The maximum atomic E-state index is 12.5. The van der Waals surface area contributed by atoms with Gasteiger partial charge in [0.2, 0.25) is 5.91 Å². The lowest BCUT2D eigenvalue weighted by Crippen LogP contribution is -2.48. The van der Waals surface area contributed by atoms with E-state index in [0.717, 1.165) is 37.2 Å². The number of hydrogen-bond donors (Lipinski definition) is 2. The summed E-state index contributed by atoms with van der Waals surface area (Å²) in [6.07, 6.45) is 4.01. The minimum atomic E-state index is -0.300. The van der Waals surface area contributed by atoms with Crippen molar-refractivity contribution in [3.8, 4) is 0 Å². The Balaban J connectivity index is 0.00000192. The van der Waals surface area contributed by atoms with Crippen molar-refractivity contribution in [1.82, 2.24) is 15.5 Å². The van der Waals surface area contributed by atoms with E-state index in [0.29, 0.717) is 19.0 Å². The molecule has 0 aliphatic carbocycles. The summed E-state index contributed by atoms with van der Waals surface area (Å²) < 4.78 is 0. The van der Waals surface area contributed by atoms with Gasteiger partial charge in [-0.05, 0) is 56.1 Å². The minimum absolute atomic E-state index is 0. The number of hydrogen-bond acceptors (Lipinski definition) is 4. The molecule has 1 aromatic rings. The Labute approximate surface area is 147 Å². The monoisotopic (exact) mass is 357 g/mol. The van der Waals surface area contributed by atoms with E-state index in [2.05, 4.69) is 10.6 Å². The molecule has 0 aromatic carbocycles. The van der Waals surface area contributed by atoms with Crippen molar-refractivity contribution in [2.24, 2.45) is 5.92 Å². The molecule has 0 radical (unpaired) electrons. The number of nitrogens with zero attached hydrogens (tertiary/aromatic N) is 1. The molecule has 0 spiro atoms.